The first-order chi connectivity index (χ1) is 8.28. The summed E-state index contributed by atoms with van der Waals surface area (Å²) in [5, 5.41) is 0. The van der Waals surface area contributed by atoms with Crippen LogP contribution in [0.15, 0.2) is 24.3 Å². The molecule has 1 aliphatic carbocycles. The highest BCUT2D eigenvalue weighted by Gasteiger charge is 2.34. The van der Waals surface area contributed by atoms with Gasteiger partial charge in [-0.15, -0.1) is 0 Å². The van der Waals surface area contributed by atoms with E-state index in [1.54, 1.807) is 0 Å². The molecule has 3 nitrogen and oxygen atoms in total. The average molecular weight is 235 g/mol. The predicted octanol–water partition coefficient (Wildman–Crippen LogP) is 2.74. The molecule has 0 radical (unpaired) electrons. The summed E-state index contributed by atoms with van der Waals surface area (Å²) in [5.74, 6) is 1.77. The Balaban J connectivity index is 2.02. The molecule has 1 saturated carbocycles. The molecule has 94 valence electrons. The van der Waals surface area contributed by atoms with E-state index in [9.17, 15) is 0 Å². The van der Waals surface area contributed by atoms with E-state index in [-0.39, 0.29) is 5.60 Å². The maximum Gasteiger partial charge on any atom is 0.121 e. The van der Waals surface area contributed by atoms with E-state index in [4.69, 9.17) is 15.2 Å². The van der Waals surface area contributed by atoms with E-state index < -0.39 is 0 Å². The quantitative estimate of drug-likeness (QED) is 0.853. The number of hydrogen-bond acceptors (Lipinski definition) is 3. The van der Waals surface area contributed by atoms with Gasteiger partial charge in [0.05, 0.1) is 6.61 Å². The smallest absolute Gasteiger partial charge is 0.121 e. The van der Waals surface area contributed by atoms with E-state index >= 15 is 0 Å². The van der Waals surface area contributed by atoms with Crippen molar-refractivity contribution >= 4 is 0 Å². The summed E-state index contributed by atoms with van der Waals surface area (Å²) in [6.07, 6.45) is 4.57. The normalized spacial score (nSPS) is 18.0. The van der Waals surface area contributed by atoms with Crippen LogP contribution in [-0.2, 0) is 0 Å². The fourth-order valence-corrected chi connectivity index (χ4v) is 2.39. The predicted molar refractivity (Wildman–Crippen MR) is 68.5 cm³/mol. The van der Waals surface area contributed by atoms with Gasteiger partial charge in [0, 0.05) is 6.54 Å². The molecule has 1 aromatic rings. The Labute approximate surface area is 103 Å². The van der Waals surface area contributed by atoms with E-state index in [1.165, 1.54) is 12.8 Å². The van der Waals surface area contributed by atoms with Crippen LogP contribution >= 0.6 is 0 Å². The van der Waals surface area contributed by atoms with E-state index in [2.05, 4.69) is 0 Å². The Morgan fingerprint density at radius 2 is 1.71 bits per heavy atom. The summed E-state index contributed by atoms with van der Waals surface area (Å²) in [4.78, 5) is 0. The molecule has 0 aliphatic heterocycles. The Morgan fingerprint density at radius 1 is 1.12 bits per heavy atom. The van der Waals surface area contributed by atoms with Crippen molar-refractivity contribution in [2.75, 3.05) is 13.2 Å². The molecule has 3 heteroatoms. The summed E-state index contributed by atoms with van der Waals surface area (Å²) >= 11 is 0. The second-order valence-corrected chi connectivity index (χ2v) is 4.60. The monoisotopic (exact) mass is 235 g/mol. The van der Waals surface area contributed by atoms with Gasteiger partial charge in [-0.25, -0.2) is 0 Å². The Hall–Kier alpha value is -1.22. The SMILES string of the molecule is CCOc1ccc(OC2(CN)CCCC2)cc1. The zero-order valence-corrected chi connectivity index (χ0v) is 10.4. The van der Waals surface area contributed by atoms with Crippen molar-refractivity contribution in [3.05, 3.63) is 24.3 Å². The van der Waals surface area contributed by atoms with Gasteiger partial charge in [0.1, 0.15) is 17.1 Å². The average Bonchev–Trinajstić information content (AvgIpc) is 2.81. The second-order valence-electron chi connectivity index (χ2n) is 4.60. The first-order valence-corrected chi connectivity index (χ1v) is 6.40. The molecule has 0 bridgehead atoms. The van der Waals surface area contributed by atoms with Gasteiger partial charge in [0.15, 0.2) is 0 Å². The topological polar surface area (TPSA) is 44.5 Å². The van der Waals surface area contributed by atoms with Crippen LogP contribution < -0.4 is 15.2 Å². The molecule has 1 fully saturated rings. The molecule has 0 atom stereocenters. The Bertz CT molecular complexity index is 342. The third-order valence-corrected chi connectivity index (χ3v) is 3.36. The van der Waals surface area contributed by atoms with Crippen LogP contribution in [0.4, 0.5) is 0 Å². The van der Waals surface area contributed by atoms with Gasteiger partial charge in [-0.2, -0.15) is 0 Å². The summed E-state index contributed by atoms with van der Waals surface area (Å²) < 4.78 is 11.5. The molecule has 2 rings (SSSR count). The summed E-state index contributed by atoms with van der Waals surface area (Å²) in [6, 6.07) is 7.80. The maximum atomic E-state index is 6.06. The number of hydrogen-bond donors (Lipinski definition) is 1. The van der Waals surface area contributed by atoms with Crippen molar-refractivity contribution in [3.63, 3.8) is 0 Å². The van der Waals surface area contributed by atoms with Crippen molar-refractivity contribution in [1.82, 2.24) is 0 Å². The summed E-state index contributed by atoms with van der Waals surface area (Å²) in [7, 11) is 0. The van der Waals surface area contributed by atoms with Crippen molar-refractivity contribution in [2.45, 2.75) is 38.2 Å². The van der Waals surface area contributed by atoms with Gasteiger partial charge in [-0.1, -0.05) is 0 Å². The van der Waals surface area contributed by atoms with Crippen LogP contribution in [0.2, 0.25) is 0 Å². The van der Waals surface area contributed by atoms with Crippen LogP contribution in [0.25, 0.3) is 0 Å². The van der Waals surface area contributed by atoms with Crippen LogP contribution in [0, 0.1) is 0 Å². The third kappa shape index (κ3) is 2.91. The molecule has 17 heavy (non-hydrogen) atoms. The van der Waals surface area contributed by atoms with Crippen LogP contribution in [0.5, 0.6) is 11.5 Å². The van der Waals surface area contributed by atoms with Gasteiger partial charge >= 0.3 is 0 Å². The molecule has 0 saturated heterocycles. The Morgan fingerprint density at radius 3 is 2.24 bits per heavy atom. The lowest BCUT2D eigenvalue weighted by Crippen LogP contribution is -2.40. The van der Waals surface area contributed by atoms with E-state index in [0.717, 1.165) is 24.3 Å². The molecule has 0 aromatic heterocycles. The second kappa shape index (κ2) is 5.41. The molecular weight excluding hydrogens is 214 g/mol. The number of benzene rings is 1. The molecule has 1 aromatic carbocycles. The largest absolute Gasteiger partial charge is 0.494 e. The van der Waals surface area contributed by atoms with Crippen molar-refractivity contribution < 1.29 is 9.47 Å². The van der Waals surface area contributed by atoms with Crippen molar-refractivity contribution in [1.29, 1.82) is 0 Å². The standard InChI is InChI=1S/C14H21NO2/c1-2-16-12-5-7-13(8-6-12)17-14(11-15)9-3-4-10-14/h5-8H,2-4,9-11,15H2,1H3. The van der Waals surface area contributed by atoms with Crippen LogP contribution in [0.1, 0.15) is 32.6 Å². The van der Waals surface area contributed by atoms with Crippen LogP contribution in [-0.4, -0.2) is 18.8 Å². The van der Waals surface area contributed by atoms with Gasteiger partial charge in [0.25, 0.3) is 0 Å². The first-order valence-electron chi connectivity index (χ1n) is 6.40. The minimum Gasteiger partial charge on any atom is -0.494 e. The molecule has 0 heterocycles. The zero-order chi connectivity index (χ0) is 12.1. The van der Waals surface area contributed by atoms with Crippen molar-refractivity contribution in [3.8, 4) is 11.5 Å². The highest BCUT2D eigenvalue weighted by molar-refractivity contribution is 5.31. The van der Waals surface area contributed by atoms with E-state index in [0.29, 0.717) is 13.2 Å². The lowest BCUT2D eigenvalue weighted by molar-refractivity contribution is 0.0852. The molecule has 0 spiro atoms. The van der Waals surface area contributed by atoms with Gasteiger partial charge in [-0.05, 0) is 56.9 Å². The highest BCUT2D eigenvalue weighted by Crippen LogP contribution is 2.34. The number of nitrogens with two attached hydrogens (primary N) is 1. The first kappa shape index (κ1) is 12.2. The van der Waals surface area contributed by atoms with Gasteiger partial charge in [-0.3, -0.25) is 0 Å². The molecular formula is C14H21NO2. The molecule has 2 N–H and O–H groups in total. The number of rotatable bonds is 5. The highest BCUT2D eigenvalue weighted by atomic mass is 16.5. The molecule has 0 unspecified atom stereocenters. The van der Waals surface area contributed by atoms with Crippen molar-refractivity contribution in [2.24, 2.45) is 5.73 Å². The zero-order valence-electron chi connectivity index (χ0n) is 10.4. The number of ether oxygens (including phenoxy) is 2. The van der Waals surface area contributed by atoms with E-state index in [1.807, 2.05) is 31.2 Å². The van der Waals surface area contributed by atoms with Crippen LogP contribution in [0.3, 0.4) is 0 Å². The fourth-order valence-electron chi connectivity index (χ4n) is 2.39. The lowest BCUT2D eigenvalue weighted by Gasteiger charge is -2.28. The fraction of sp³-hybridized carbons (Fsp3) is 0.571. The van der Waals surface area contributed by atoms with Gasteiger partial charge < -0.3 is 15.2 Å². The minimum absolute atomic E-state index is 0.132. The summed E-state index contributed by atoms with van der Waals surface area (Å²) in [5.41, 5.74) is 5.71. The minimum atomic E-state index is -0.132. The summed E-state index contributed by atoms with van der Waals surface area (Å²) in [6.45, 7) is 3.26. The molecule has 1 aliphatic rings. The lowest BCUT2D eigenvalue weighted by atomic mass is 10.0. The Kier molecular flexibility index (Phi) is 3.89. The maximum absolute atomic E-state index is 6.06. The molecule has 0 amide bonds. The third-order valence-electron chi connectivity index (χ3n) is 3.36. The van der Waals surface area contributed by atoms with Gasteiger partial charge in [0.2, 0.25) is 0 Å².